The Balaban J connectivity index is 2.95. The highest BCUT2D eigenvalue weighted by molar-refractivity contribution is 5.73. The molecule has 1 nitrogen and oxygen atoms in total. The summed E-state index contributed by atoms with van der Waals surface area (Å²) in [5.74, 6) is 0. The van der Waals surface area contributed by atoms with E-state index < -0.39 is 0 Å². The van der Waals surface area contributed by atoms with Crippen LogP contribution in [0.4, 0.5) is 0 Å². The molecule has 0 amide bonds. The third kappa shape index (κ3) is 1.21. The third-order valence-corrected chi connectivity index (χ3v) is 0.854. The minimum Gasteiger partial charge on any atom is -0.253 e. The van der Waals surface area contributed by atoms with E-state index in [0.717, 1.165) is 5.70 Å². The molecule has 40 valence electrons. The van der Waals surface area contributed by atoms with Gasteiger partial charge in [0.05, 0.1) is 5.70 Å². The first-order valence-electron chi connectivity index (χ1n) is 2.52. The summed E-state index contributed by atoms with van der Waals surface area (Å²) in [7, 11) is 0. The molecule has 1 rings (SSSR count). The van der Waals surface area contributed by atoms with Gasteiger partial charge in [-0.3, -0.25) is 4.99 Å². The van der Waals surface area contributed by atoms with Crippen molar-refractivity contribution >= 4 is 6.21 Å². The molecule has 0 aliphatic carbocycles. The zero-order valence-electron chi connectivity index (χ0n) is 4.76. The van der Waals surface area contributed by atoms with Crippen LogP contribution in [0, 0.1) is 0 Å². The maximum atomic E-state index is 3.99. The zero-order valence-corrected chi connectivity index (χ0v) is 4.76. The van der Waals surface area contributed by atoms with Crippen molar-refractivity contribution in [3.8, 4) is 0 Å². The van der Waals surface area contributed by atoms with Gasteiger partial charge in [0.15, 0.2) is 0 Å². The minimum absolute atomic E-state index is 0.926. The lowest BCUT2D eigenvalue weighted by molar-refractivity contribution is 1.34. The molecule has 1 aliphatic rings. The van der Waals surface area contributed by atoms with Gasteiger partial charge in [0.1, 0.15) is 0 Å². The predicted molar refractivity (Wildman–Crippen MR) is 34.9 cm³/mol. The molecular weight excluding hydrogens is 98.1 g/mol. The summed E-state index contributed by atoms with van der Waals surface area (Å²) in [6, 6.07) is 0. The Bertz CT molecular complexity index is 190. The summed E-state index contributed by atoms with van der Waals surface area (Å²) < 4.78 is 0. The minimum atomic E-state index is 0.926. The van der Waals surface area contributed by atoms with Crippen LogP contribution in [0.3, 0.4) is 0 Å². The van der Waals surface area contributed by atoms with Crippen LogP contribution < -0.4 is 0 Å². The van der Waals surface area contributed by atoms with E-state index in [1.165, 1.54) is 0 Å². The van der Waals surface area contributed by atoms with Crippen molar-refractivity contribution in [1.29, 1.82) is 0 Å². The summed E-state index contributed by atoms with van der Waals surface area (Å²) in [6.07, 6.45) is 7.39. The lowest BCUT2D eigenvalue weighted by atomic mass is 10.5. The summed E-state index contributed by atoms with van der Waals surface area (Å²) in [6.45, 7) is 1.92. The average Bonchev–Trinajstić information content (AvgIpc) is 1.94. The van der Waals surface area contributed by atoms with E-state index >= 15 is 0 Å². The van der Waals surface area contributed by atoms with Crippen molar-refractivity contribution in [2.45, 2.75) is 6.92 Å². The number of hydrogen-bond acceptors (Lipinski definition) is 1. The maximum Gasteiger partial charge on any atom is 0.0789 e. The van der Waals surface area contributed by atoms with Crippen LogP contribution in [0.15, 0.2) is 34.6 Å². The maximum absolute atomic E-state index is 3.99. The molecule has 8 heavy (non-hydrogen) atoms. The highest BCUT2D eigenvalue weighted by Gasteiger charge is 1.76. The van der Waals surface area contributed by atoms with E-state index in [0.29, 0.717) is 0 Å². The van der Waals surface area contributed by atoms with Gasteiger partial charge < -0.3 is 0 Å². The van der Waals surface area contributed by atoms with Crippen LogP contribution in [0.2, 0.25) is 0 Å². The van der Waals surface area contributed by atoms with Crippen molar-refractivity contribution in [1.82, 2.24) is 0 Å². The molecule has 0 N–H and O–H groups in total. The monoisotopic (exact) mass is 105 g/mol. The van der Waals surface area contributed by atoms with Crippen LogP contribution in [0.25, 0.3) is 0 Å². The Hall–Kier alpha value is -1.07. The first-order chi connectivity index (χ1) is 3.89. The number of rotatable bonds is 0. The van der Waals surface area contributed by atoms with Gasteiger partial charge in [-0.05, 0) is 19.1 Å². The molecule has 0 aromatic carbocycles. The van der Waals surface area contributed by atoms with Gasteiger partial charge in [0.2, 0.25) is 0 Å². The summed E-state index contributed by atoms with van der Waals surface area (Å²) in [5.41, 5.74) is 3.88. The van der Waals surface area contributed by atoms with Gasteiger partial charge in [-0.1, -0.05) is 11.8 Å². The fourth-order valence-corrected chi connectivity index (χ4v) is 0.466. The van der Waals surface area contributed by atoms with Gasteiger partial charge in [0, 0.05) is 6.21 Å². The average molecular weight is 105 g/mol. The molecular formula is C7H7N. The Morgan fingerprint density at radius 2 is 2.38 bits per heavy atom. The van der Waals surface area contributed by atoms with Crippen LogP contribution in [0.1, 0.15) is 6.92 Å². The molecule has 0 bridgehead atoms. The van der Waals surface area contributed by atoms with E-state index in [9.17, 15) is 0 Å². The standard InChI is InChI=1S/C7H7N/c1-7-5-3-2-4-6-8-7/h2-4,6H,1H3. The van der Waals surface area contributed by atoms with Crippen LogP contribution in [-0.4, -0.2) is 6.21 Å². The first kappa shape index (κ1) is 5.07. The van der Waals surface area contributed by atoms with Crippen LogP contribution >= 0.6 is 0 Å². The smallest absolute Gasteiger partial charge is 0.0789 e. The molecule has 0 atom stereocenters. The molecule has 0 aromatic heterocycles. The fourth-order valence-electron chi connectivity index (χ4n) is 0.466. The fraction of sp³-hybridized carbons (Fsp3) is 0.143. The van der Waals surface area contributed by atoms with Gasteiger partial charge >= 0.3 is 0 Å². The summed E-state index contributed by atoms with van der Waals surface area (Å²) >= 11 is 0. The van der Waals surface area contributed by atoms with E-state index in [1.54, 1.807) is 6.21 Å². The predicted octanol–water partition coefficient (Wildman–Crippen LogP) is 1.69. The number of aliphatic imine (C=N–C) groups is 1. The molecule has 1 heteroatoms. The van der Waals surface area contributed by atoms with Crippen molar-refractivity contribution in [3.05, 3.63) is 29.7 Å². The lowest BCUT2D eigenvalue weighted by Gasteiger charge is -1.76. The second kappa shape index (κ2) is 2.29. The quantitative estimate of drug-likeness (QED) is 0.416. The molecule has 0 aromatic rings. The van der Waals surface area contributed by atoms with Gasteiger partial charge in [0.25, 0.3) is 0 Å². The first-order valence-corrected chi connectivity index (χ1v) is 2.52. The van der Waals surface area contributed by atoms with Crippen LogP contribution in [0.5, 0.6) is 0 Å². The van der Waals surface area contributed by atoms with E-state index in [2.05, 4.69) is 10.7 Å². The van der Waals surface area contributed by atoms with E-state index in [4.69, 9.17) is 0 Å². The van der Waals surface area contributed by atoms with Crippen molar-refractivity contribution < 1.29 is 0 Å². The molecule has 0 saturated carbocycles. The second-order valence-corrected chi connectivity index (χ2v) is 1.56. The lowest BCUT2D eigenvalue weighted by Crippen LogP contribution is -1.62. The zero-order chi connectivity index (χ0) is 5.82. The SMILES string of the molecule is CC1=C=CC=CC=N1. The summed E-state index contributed by atoms with van der Waals surface area (Å²) in [4.78, 5) is 3.99. The normalized spacial score (nSPS) is 15.9. The molecule has 1 aliphatic heterocycles. The van der Waals surface area contributed by atoms with Crippen molar-refractivity contribution in [2.24, 2.45) is 4.99 Å². The Kier molecular flexibility index (Phi) is 1.45. The molecule has 0 fully saturated rings. The molecule has 0 radical (unpaired) electrons. The topological polar surface area (TPSA) is 12.4 Å². The highest BCUT2D eigenvalue weighted by Crippen LogP contribution is 1.92. The largest absolute Gasteiger partial charge is 0.253 e. The van der Waals surface area contributed by atoms with Gasteiger partial charge in [-0.25, -0.2) is 0 Å². The van der Waals surface area contributed by atoms with Gasteiger partial charge in [-0.2, -0.15) is 0 Å². The van der Waals surface area contributed by atoms with E-state index in [1.807, 2.05) is 25.2 Å². The molecule has 1 heterocycles. The number of nitrogens with zero attached hydrogens (tertiary/aromatic N) is 1. The molecule has 0 saturated heterocycles. The van der Waals surface area contributed by atoms with Gasteiger partial charge in [-0.15, -0.1) is 0 Å². The highest BCUT2D eigenvalue weighted by atomic mass is 14.7. The Morgan fingerprint density at radius 1 is 1.50 bits per heavy atom. The Labute approximate surface area is 48.7 Å². The van der Waals surface area contributed by atoms with Crippen molar-refractivity contribution in [3.63, 3.8) is 0 Å². The Morgan fingerprint density at radius 3 is 3.25 bits per heavy atom. The summed E-state index contributed by atoms with van der Waals surface area (Å²) in [5, 5.41) is 0. The third-order valence-electron chi connectivity index (χ3n) is 0.854. The van der Waals surface area contributed by atoms with Crippen molar-refractivity contribution in [2.75, 3.05) is 0 Å². The molecule has 0 unspecified atom stereocenters. The number of hydrogen-bond donors (Lipinski definition) is 0. The van der Waals surface area contributed by atoms with Crippen LogP contribution in [-0.2, 0) is 0 Å². The van der Waals surface area contributed by atoms with E-state index in [-0.39, 0.29) is 0 Å². The number of allylic oxidation sites excluding steroid dienone is 3. The molecule has 0 spiro atoms. The second-order valence-electron chi connectivity index (χ2n) is 1.56.